The van der Waals surface area contributed by atoms with Crippen LogP contribution in [0.15, 0.2) is 67.0 Å². The van der Waals surface area contributed by atoms with Gasteiger partial charge in [0.15, 0.2) is 0 Å². The summed E-state index contributed by atoms with van der Waals surface area (Å²) in [5.74, 6) is -0.142. The maximum Gasteiger partial charge on any atom is 0.257 e. The Morgan fingerprint density at radius 3 is 2.71 bits per heavy atom. The third-order valence-electron chi connectivity index (χ3n) is 6.52. The molecule has 1 aliphatic rings. The van der Waals surface area contributed by atoms with Gasteiger partial charge < -0.3 is 20.2 Å². The fourth-order valence-electron chi connectivity index (χ4n) is 4.69. The fraction of sp³-hybridized carbons (Fsp3) is 0.250. The lowest BCUT2D eigenvalue weighted by molar-refractivity contribution is 0.102. The number of nitrogens with zero attached hydrogens (tertiary/aromatic N) is 4. The second-order valence-electron chi connectivity index (χ2n) is 9.10. The SMILES string of the molecule is Cc1cc(O)nc2ccc(NC(=O)c3cc(CN(C)c4cccnc4)ccc3N3CCCC3)cc12. The predicted octanol–water partition coefficient (Wildman–Crippen LogP) is 5.13. The smallest absolute Gasteiger partial charge is 0.257 e. The molecule has 5 rings (SSSR count). The van der Waals surface area contributed by atoms with Crippen LogP contribution in [0.25, 0.3) is 10.9 Å². The number of amides is 1. The van der Waals surface area contributed by atoms with Crippen molar-refractivity contribution in [2.45, 2.75) is 26.3 Å². The molecule has 0 atom stereocenters. The second-order valence-corrected chi connectivity index (χ2v) is 9.10. The van der Waals surface area contributed by atoms with Crippen molar-refractivity contribution in [2.24, 2.45) is 0 Å². The zero-order valence-corrected chi connectivity index (χ0v) is 20.0. The maximum atomic E-state index is 13.6. The van der Waals surface area contributed by atoms with E-state index in [1.165, 1.54) is 0 Å². The number of nitrogens with one attached hydrogen (secondary N) is 1. The maximum absolute atomic E-state index is 13.6. The Morgan fingerprint density at radius 1 is 1.11 bits per heavy atom. The average Bonchev–Trinajstić information content (AvgIpc) is 3.40. The van der Waals surface area contributed by atoms with E-state index in [0.717, 1.165) is 53.8 Å². The molecule has 1 saturated heterocycles. The van der Waals surface area contributed by atoms with Gasteiger partial charge in [-0.05, 0) is 73.4 Å². The van der Waals surface area contributed by atoms with Gasteiger partial charge >= 0.3 is 0 Å². The Labute approximate surface area is 205 Å². The quantitative estimate of drug-likeness (QED) is 0.409. The standard InChI is InChI=1S/C28H29N5O2/c1-19-14-27(34)31-25-9-8-21(16-23(19)25)30-28(35)24-15-20(7-10-26(24)33-12-3-4-13-33)18-32(2)22-6-5-11-29-17-22/h5-11,14-17H,3-4,12-13,18H2,1-2H3,(H,30,35)(H,31,34). The van der Waals surface area contributed by atoms with E-state index in [1.54, 1.807) is 12.3 Å². The Morgan fingerprint density at radius 2 is 1.94 bits per heavy atom. The Kier molecular flexibility index (Phi) is 6.23. The van der Waals surface area contributed by atoms with Crippen molar-refractivity contribution in [3.05, 3.63) is 83.7 Å². The first-order valence-electron chi connectivity index (χ1n) is 11.9. The number of pyridine rings is 2. The molecule has 0 bridgehead atoms. The molecule has 3 heterocycles. The highest BCUT2D eigenvalue weighted by atomic mass is 16.3. The van der Waals surface area contributed by atoms with Crippen LogP contribution in [0.1, 0.15) is 34.3 Å². The molecule has 0 aliphatic carbocycles. The molecule has 178 valence electrons. The van der Waals surface area contributed by atoms with Crippen LogP contribution < -0.4 is 15.1 Å². The van der Waals surface area contributed by atoms with E-state index in [1.807, 2.05) is 56.6 Å². The molecule has 7 heteroatoms. The van der Waals surface area contributed by atoms with Gasteiger partial charge in [0.1, 0.15) is 0 Å². The first-order valence-corrected chi connectivity index (χ1v) is 11.9. The van der Waals surface area contributed by atoms with Gasteiger partial charge in [0, 0.05) is 55.7 Å². The van der Waals surface area contributed by atoms with Crippen LogP contribution in [0, 0.1) is 6.92 Å². The number of carbonyl (C=O) groups is 1. The van der Waals surface area contributed by atoms with Gasteiger partial charge in [0.25, 0.3) is 5.91 Å². The van der Waals surface area contributed by atoms with Crippen molar-refractivity contribution in [3.63, 3.8) is 0 Å². The molecule has 1 amide bonds. The Bertz CT molecular complexity index is 1370. The highest BCUT2D eigenvalue weighted by Gasteiger charge is 2.21. The first-order chi connectivity index (χ1) is 17.0. The number of fused-ring (bicyclic) bond motifs is 1. The van der Waals surface area contributed by atoms with Crippen LogP contribution in [0.2, 0.25) is 0 Å². The number of rotatable bonds is 6. The van der Waals surface area contributed by atoms with Gasteiger partial charge in [0.05, 0.1) is 23.0 Å². The molecule has 2 aromatic heterocycles. The van der Waals surface area contributed by atoms with E-state index < -0.39 is 0 Å². The number of carbonyl (C=O) groups excluding carboxylic acids is 1. The van der Waals surface area contributed by atoms with Crippen molar-refractivity contribution in [2.75, 3.05) is 35.3 Å². The summed E-state index contributed by atoms with van der Waals surface area (Å²) in [5.41, 5.74) is 6.01. The summed E-state index contributed by atoms with van der Waals surface area (Å²) in [6.07, 6.45) is 5.87. The molecule has 2 aromatic carbocycles. The lowest BCUT2D eigenvalue weighted by Crippen LogP contribution is -2.24. The summed E-state index contributed by atoms with van der Waals surface area (Å²) in [6.45, 7) is 4.50. The molecular weight excluding hydrogens is 438 g/mol. The van der Waals surface area contributed by atoms with E-state index in [0.29, 0.717) is 23.3 Å². The van der Waals surface area contributed by atoms with E-state index in [4.69, 9.17) is 0 Å². The number of hydrogen-bond acceptors (Lipinski definition) is 6. The van der Waals surface area contributed by atoms with Crippen LogP contribution in [-0.2, 0) is 6.54 Å². The summed E-state index contributed by atoms with van der Waals surface area (Å²) < 4.78 is 0. The largest absolute Gasteiger partial charge is 0.493 e. The van der Waals surface area contributed by atoms with Gasteiger partial charge in [0.2, 0.25) is 5.88 Å². The summed E-state index contributed by atoms with van der Waals surface area (Å²) >= 11 is 0. The molecule has 0 saturated carbocycles. The molecule has 35 heavy (non-hydrogen) atoms. The highest BCUT2D eigenvalue weighted by Crippen LogP contribution is 2.29. The van der Waals surface area contributed by atoms with Gasteiger partial charge in [-0.1, -0.05) is 6.07 Å². The number of aromatic hydroxyl groups is 1. The number of aromatic nitrogens is 2. The third kappa shape index (κ3) is 4.89. The van der Waals surface area contributed by atoms with Crippen molar-refractivity contribution >= 4 is 33.9 Å². The molecule has 2 N–H and O–H groups in total. The molecule has 0 unspecified atom stereocenters. The van der Waals surface area contributed by atoms with Gasteiger partial charge in [-0.3, -0.25) is 9.78 Å². The minimum atomic E-state index is -0.137. The van der Waals surface area contributed by atoms with E-state index in [9.17, 15) is 9.90 Å². The zero-order valence-electron chi connectivity index (χ0n) is 20.0. The van der Waals surface area contributed by atoms with E-state index in [2.05, 4.69) is 37.2 Å². The minimum absolute atomic E-state index is 0.00453. The van der Waals surface area contributed by atoms with Crippen molar-refractivity contribution < 1.29 is 9.90 Å². The van der Waals surface area contributed by atoms with Crippen molar-refractivity contribution in [1.29, 1.82) is 0 Å². The van der Waals surface area contributed by atoms with Crippen LogP contribution in [0.5, 0.6) is 5.88 Å². The average molecular weight is 468 g/mol. The topological polar surface area (TPSA) is 81.6 Å². The number of hydrogen-bond donors (Lipinski definition) is 2. The van der Waals surface area contributed by atoms with Gasteiger partial charge in [-0.15, -0.1) is 0 Å². The fourth-order valence-corrected chi connectivity index (χ4v) is 4.69. The summed E-state index contributed by atoms with van der Waals surface area (Å²) in [7, 11) is 2.02. The molecule has 4 aromatic rings. The van der Waals surface area contributed by atoms with Crippen LogP contribution in [0.3, 0.4) is 0 Å². The zero-order chi connectivity index (χ0) is 24.4. The minimum Gasteiger partial charge on any atom is -0.493 e. The first kappa shape index (κ1) is 22.7. The molecule has 1 aliphatic heterocycles. The molecular formula is C28H29N5O2. The summed E-state index contributed by atoms with van der Waals surface area (Å²) in [6, 6.07) is 17.3. The van der Waals surface area contributed by atoms with Crippen molar-refractivity contribution in [1.82, 2.24) is 9.97 Å². The third-order valence-corrected chi connectivity index (χ3v) is 6.52. The lowest BCUT2D eigenvalue weighted by atomic mass is 10.1. The molecule has 1 fully saturated rings. The summed E-state index contributed by atoms with van der Waals surface area (Å²) in [4.78, 5) is 26.3. The Hall–Kier alpha value is -4.13. The molecule has 0 spiro atoms. The predicted molar refractivity (Wildman–Crippen MR) is 140 cm³/mol. The van der Waals surface area contributed by atoms with E-state index >= 15 is 0 Å². The van der Waals surface area contributed by atoms with E-state index in [-0.39, 0.29) is 11.8 Å². The Balaban J connectivity index is 1.44. The van der Waals surface area contributed by atoms with Gasteiger partial charge in [-0.25, -0.2) is 4.98 Å². The number of anilines is 3. The number of aryl methyl sites for hydroxylation is 1. The van der Waals surface area contributed by atoms with Crippen LogP contribution >= 0.6 is 0 Å². The van der Waals surface area contributed by atoms with Crippen LogP contribution in [0.4, 0.5) is 17.1 Å². The molecule has 7 nitrogen and oxygen atoms in total. The monoisotopic (exact) mass is 467 g/mol. The van der Waals surface area contributed by atoms with Gasteiger partial charge in [-0.2, -0.15) is 0 Å². The summed E-state index contributed by atoms with van der Waals surface area (Å²) in [5, 5.41) is 13.8. The number of benzene rings is 2. The van der Waals surface area contributed by atoms with Crippen LogP contribution in [-0.4, -0.2) is 41.1 Å². The second kappa shape index (κ2) is 9.62. The van der Waals surface area contributed by atoms with Crippen molar-refractivity contribution in [3.8, 4) is 5.88 Å². The highest BCUT2D eigenvalue weighted by molar-refractivity contribution is 6.09. The lowest BCUT2D eigenvalue weighted by Gasteiger charge is -2.24. The normalized spacial score (nSPS) is 13.3. The molecule has 0 radical (unpaired) electrons.